The van der Waals surface area contributed by atoms with Crippen molar-refractivity contribution in [2.75, 3.05) is 13.1 Å². The van der Waals surface area contributed by atoms with Crippen LogP contribution in [0.15, 0.2) is 0 Å². The lowest BCUT2D eigenvalue weighted by atomic mass is 9.73. The smallest absolute Gasteiger partial charge is 0.230 e. The van der Waals surface area contributed by atoms with E-state index in [9.17, 15) is 4.79 Å². The van der Waals surface area contributed by atoms with Gasteiger partial charge in [0.25, 0.3) is 0 Å². The van der Waals surface area contributed by atoms with Crippen LogP contribution in [0.5, 0.6) is 0 Å². The zero-order chi connectivity index (χ0) is 12.3. The lowest BCUT2D eigenvalue weighted by Gasteiger charge is -2.39. The van der Waals surface area contributed by atoms with E-state index in [1.54, 1.807) is 0 Å². The van der Waals surface area contributed by atoms with E-state index in [4.69, 9.17) is 5.73 Å². The number of nitrogens with zero attached hydrogens (tertiary/aromatic N) is 1. The fourth-order valence-electron chi connectivity index (χ4n) is 3.12. The first-order chi connectivity index (χ1) is 8.23. The maximum Gasteiger partial charge on any atom is 0.230 e. The number of rotatable bonds is 5. The van der Waals surface area contributed by atoms with Gasteiger partial charge in [-0.3, -0.25) is 4.79 Å². The van der Waals surface area contributed by atoms with Crippen LogP contribution >= 0.6 is 0 Å². The summed E-state index contributed by atoms with van der Waals surface area (Å²) in [7, 11) is 0. The topological polar surface area (TPSA) is 46.3 Å². The third kappa shape index (κ3) is 2.65. The molecule has 2 saturated carbocycles. The van der Waals surface area contributed by atoms with Gasteiger partial charge in [0, 0.05) is 19.1 Å². The van der Waals surface area contributed by atoms with Gasteiger partial charge in [-0.05, 0) is 32.1 Å². The Balaban J connectivity index is 2.08. The van der Waals surface area contributed by atoms with Crippen molar-refractivity contribution in [2.24, 2.45) is 11.1 Å². The molecule has 98 valence electrons. The summed E-state index contributed by atoms with van der Waals surface area (Å²) in [6.45, 7) is 3.61. The first kappa shape index (κ1) is 12.9. The van der Waals surface area contributed by atoms with Crippen LogP contribution in [0.25, 0.3) is 0 Å². The van der Waals surface area contributed by atoms with Crippen LogP contribution in [-0.4, -0.2) is 29.9 Å². The van der Waals surface area contributed by atoms with Gasteiger partial charge in [0.05, 0.1) is 5.41 Å². The molecule has 2 N–H and O–H groups in total. The second kappa shape index (κ2) is 5.38. The monoisotopic (exact) mass is 238 g/mol. The standard InChI is InChI=1S/C14H26N2O/c1-2-10-16(12-6-7-12)13(17)14(11-15)8-4-3-5-9-14/h12H,2-11,15H2,1H3. The Morgan fingerprint density at radius 1 is 1.29 bits per heavy atom. The molecule has 0 heterocycles. The summed E-state index contributed by atoms with van der Waals surface area (Å²) in [6.07, 6.45) is 9.10. The number of nitrogens with two attached hydrogens (primary N) is 1. The van der Waals surface area contributed by atoms with Crippen molar-refractivity contribution in [1.29, 1.82) is 0 Å². The minimum Gasteiger partial charge on any atom is -0.339 e. The molecule has 0 spiro atoms. The first-order valence-corrected chi connectivity index (χ1v) is 7.24. The molecule has 2 rings (SSSR count). The highest BCUT2D eigenvalue weighted by molar-refractivity contribution is 5.83. The summed E-state index contributed by atoms with van der Waals surface area (Å²) in [5.74, 6) is 0.365. The normalized spacial score (nSPS) is 23.4. The van der Waals surface area contributed by atoms with Crippen molar-refractivity contribution in [3.63, 3.8) is 0 Å². The van der Waals surface area contributed by atoms with Gasteiger partial charge in [-0.25, -0.2) is 0 Å². The Morgan fingerprint density at radius 2 is 1.94 bits per heavy atom. The third-order valence-corrected chi connectivity index (χ3v) is 4.37. The van der Waals surface area contributed by atoms with Crippen molar-refractivity contribution in [1.82, 2.24) is 4.90 Å². The number of amides is 1. The molecule has 17 heavy (non-hydrogen) atoms. The van der Waals surface area contributed by atoms with Crippen LogP contribution in [0.1, 0.15) is 58.3 Å². The highest BCUT2D eigenvalue weighted by Crippen LogP contribution is 2.39. The molecule has 2 aliphatic rings. The molecule has 0 unspecified atom stereocenters. The number of hydrogen-bond acceptors (Lipinski definition) is 2. The molecule has 0 aromatic rings. The highest BCUT2D eigenvalue weighted by Gasteiger charge is 2.44. The van der Waals surface area contributed by atoms with Gasteiger partial charge in [0.1, 0.15) is 0 Å². The predicted molar refractivity (Wildman–Crippen MR) is 69.6 cm³/mol. The molecular formula is C14H26N2O. The van der Waals surface area contributed by atoms with Crippen LogP contribution < -0.4 is 5.73 Å². The van der Waals surface area contributed by atoms with Crippen molar-refractivity contribution in [3.8, 4) is 0 Å². The number of carbonyl (C=O) groups excluding carboxylic acids is 1. The highest BCUT2D eigenvalue weighted by atomic mass is 16.2. The summed E-state index contributed by atoms with van der Waals surface area (Å²) < 4.78 is 0. The maximum atomic E-state index is 12.8. The molecule has 0 radical (unpaired) electrons. The van der Waals surface area contributed by atoms with Crippen LogP contribution in [-0.2, 0) is 4.79 Å². The maximum absolute atomic E-state index is 12.8. The molecule has 0 bridgehead atoms. The molecule has 0 aromatic carbocycles. The minimum atomic E-state index is -0.212. The van der Waals surface area contributed by atoms with Crippen molar-refractivity contribution < 1.29 is 4.79 Å². The summed E-state index contributed by atoms with van der Waals surface area (Å²) in [6, 6.07) is 0.535. The molecule has 0 atom stereocenters. The van der Waals surface area contributed by atoms with Crippen molar-refractivity contribution >= 4 is 5.91 Å². The van der Waals surface area contributed by atoms with Crippen LogP contribution in [0.3, 0.4) is 0 Å². The molecule has 2 aliphatic carbocycles. The van der Waals surface area contributed by atoms with Gasteiger partial charge in [-0.2, -0.15) is 0 Å². The van der Waals surface area contributed by atoms with Gasteiger partial charge < -0.3 is 10.6 Å². The van der Waals surface area contributed by atoms with E-state index >= 15 is 0 Å². The molecule has 1 amide bonds. The summed E-state index contributed by atoms with van der Waals surface area (Å²) >= 11 is 0. The number of hydrogen-bond donors (Lipinski definition) is 1. The SMILES string of the molecule is CCCN(C(=O)C1(CN)CCCCC1)C1CC1. The van der Waals surface area contributed by atoms with Crippen LogP contribution in [0.2, 0.25) is 0 Å². The van der Waals surface area contributed by atoms with Crippen molar-refractivity contribution in [2.45, 2.75) is 64.3 Å². The van der Waals surface area contributed by atoms with E-state index in [2.05, 4.69) is 11.8 Å². The van der Waals surface area contributed by atoms with E-state index < -0.39 is 0 Å². The fourth-order valence-corrected chi connectivity index (χ4v) is 3.12. The lowest BCUT2D eigenvalue weighted by Crippen LogP contribution is -2.50. The van der Waals surface area contributed by atoms with E-state index in [0.717, 1.165) is 25.8 Å². The second-order valence-corrected chi connectivity index (χ2v) is 5.77. The number of carbonyl (C=O) groups is 1. The molecular weight excluding hydrogens is 212 g/mol. The van der Waals surface area contributed by atoms with E-state index in [1.807, 2.05) is 0 Å². The van der Waals surface area contributed by atoms with Gasteiger partial charge in [-0.15, -0.1) is 0 Å². The van der Waals surface area contributed by atoms with Crippen LogP contribution in [0, 0.1) is 5.41 Å². The molecule has 2 fully saturated rings. The molecule has 3 heteroatoms. The van der Waals surface area contributed by atoms with E-state index in [1.165, 1.54) is 32.1 Å². The van der Waals surface area contributed by atoms with Gasteiger partial charge in [0.2, 0.25) is 5.91 Å². The Labute approximate surface area is 105 Å². The van der Waals surface area contributed by atoms with Gasteiger partial charge in [0.15, 0.2) is 0 Å². The Kier molecular flexibility index (Phi) is 4.08. The quantitative estimate of drug-likeness (QED) is 0.799. The summed E-state index contributed by atoms with van der Waals surface area (Å²) in [5.41, 5.74) is 5.73. The molecule has 0 aliphatic heterocycles. The average molecular weight is 238 g/mol. The predicted octanol–water partition coefficient (Wildman–Crippen LogP) is 2.30. The third-order valence-electron chi connectivity index (χ3n) is 4.37. The Hall–Kier alpha value is -0.570. The zero-order valence-electron chi connectivity index (χ0n) is 11.1. The van der Waals surface area contributed by atoms with Gasteiger partial charge >= 0.3 is 0 Å². The molecule has 0 aromatic heterocycles. The minimum absolute atomic E-state index is 0.212. The lowest BCUT2D eigenvalue weighted by molar-refractivity contribution is -0.144. The Bertz CT molecular complexity index is 267. The fraction of sp³-hybridized carbons (Fsp3) is 0.929. The van der Waals surface area contributed by atoms with E-state index in [-0.39, 0.29) is 5.41 Å². The molecule has 3 nitrogen and oxygen atoms in total. The average Bonchev–Trinajstić information content (AvgIpc) is 3.20. The zero-order valence-corrected chi connectivity index (χ0v) is 11.1. The summed E-state index contributed by atoms with van der Waals surface area (Å²) in [5, 5.41) is 0. The second-order valence-electron chi connectivity index (χ2n) is 5.77. The Morgan fingerprint density at radius 3 is 2.41 bits per heavy atom. The van der Waals surface area contributed by atoms with Crippen LogP contribution in [0.4, 0.5) is 0 Å². The largest absolute Gasteiger partial charge is 0.339 e. The molecule has 0 saturated heterocycles. The van der Waals surface area contributed by atoms with Gasteiger partial charge in [-0.1, -0.05) is 26.2 Å². The van der Waals surface area contributed by atoms with Crippen molar-refractivity contribution in [3.05, 3.63) is 0 Å². The summed E-state index contributed by atoms with van der Waals surface area (Å²) in [4.78, 5) is 14.9. The first-order valence-electron chi connectivity index (χ1n) is 7.24. The van der Waals surface area contributed by atoms with E-state index in [0.29, 0.717) is 18.5 Å².